The molecule has 3 heteroatoms. The number of nitrogens with zero attached hydrogens (tertiary/aromatic N) is 1. The van der Waals surface area contributed by atoms with Gasteiger partial charge in [-0.05, 0) is 12.2 Å². The van der Waals surface area contributed by atoms with Crippen LogP contribution in [0.15, 0.2) is 36.6 Å². The van der Waals surface area contributed by atoms with Crippen molar-refractivity contribution in [2.75, 3.05) is 6.61 Å². The molecule has 0 saturated heterocycles. The summed E-state index contributed by atoms with van der Waals surface area (Å²) in [6.07, 6.45) is 8.76. The molecule has 0 spiro atoms. The van der Waals surface area contributed by atoms with Crippen LogP contribution < -0.4 is 0 Å². The van der Waals surface area contributed by atoms with Gasteiger partial charge < -0.3 is 4.74 Å². The molecule has 3 nitrogen and oxygen atoms in total. The number of rotatable bonds is 0. The molecule has 0 aliphatic carbocycles. The minimum Gasteiger partial charge on any atom is -0.471 e. The lowest BCUT2D eigenvalue weighted by Gasteiger charge is -2.10. The van der Waals surface area contributed by atoms with Gasteiger partial charge in [-0.2, -0.15) is 0 Å². The van der Waals surface area contributed by atoms with Crippen LogP contribution >= 0.6 is 0 Å². The fraction of sp³-hybridized carbons (Fsp3) is 0.143. The number of fused-ring (bicyclic) bond motifs is 1. The molecule has 0 N–H and O–H groups in total. The van der Waals surface area contributed by atoms with Crippen LogP contribution in [0.4, 0.5) is 0 Å². The zero-order valence-electron chi connectivity index (χ0n) is 5.36. The Morgan fingerprint density at radius 3 is 3.40 bits per heavy atom. The van der Waals surface area contributed by atoms with Crippen molar-refractivity contribution in [3.8, 4) is 0 Å². The van der Waals surface area contributed by atoms with Gasteiger partial charge in [0, 0.05) is 0 Å². The Labute approximate surface area is 58.8 Å². The largest absolute Gasteiger partial charge is 0.471 e. The first-order valence-electron chi connectivity index (χ1n) is 3.08. The van der Waals surface area contributed by atoms with Gasteiger partial charge in [0.2, 0.25) is 0 Å². The molecule has 2 rings (SSSR count). The SMILES string of the molecule is C1=CC2=CCON2C=CO1. The van der Waals surface area contributed by atoms with Crippen molar-refractivity contribution in [1.29, 1.82) is 0 Å². The van der Waals surface area contributed by atoms with Crippen LogP contribution in [-0.2, 0) is 9.57 Å². The monoisotopic (exact) mass is 137 g/mol. The van der Waals surface area contributed by atoms with E-state index in [1.165, 1.54) is 0 Å². The Morgan fingerprint density at radius 2 is 2.40 bits per heavy atom. The van der Waals surface area contributed by atoms with Crippen LogP contribution in [0.25, 0.3) is 0 Å². The van der Waals surface area contributed by atoms with Crippen LogP contribution in [0.2, 0.25) is 0 Å². The van der Waals surface area contributed by atoms with Gasteiger partial charge in [0.1, 0.15) is 6.26 Å². The van der Waals surface area contributed by atoms with Gasteiger partial charge in [-0.3, -0.25) is 4.84 Å². The normalized spacial score (nSPS) is 21.6. The van der Waals surface area contributed by atoms with Crippen LogP contribution in [-0.4, -0.2) is 11.7 Å². The summed E-state index contributed by atoms with van der Waals surface area (Å²) in [7, 11) is 0. The first kappa shape index (κ1) is 5.56. The molecule has 0 saturated carbocycles. The molecule has 2 aliphatic heterocycles. The summed E-state index contributed by atoms with van der Waals surface area (Å²) >= 11 is 0. The van der Waals surface area contributed by atoms with Crippen molar-refractivity contribution in [2.24, 2.45) is 0 Å². The van der Waals surface area contributed by atoms with Gasteiger partial charge in [-0.15, -0.1) is 0 Å². The highest BCUT2D eigenvalue weighted by molar-refractivity contribution is 5.20. The third-order valence-electron chi connectivity index (χ3n) is 1.35. The Morgan fingerprint density at radius 1 is 1.40 bits per heavy atom. The maximum atomic E-state index is 5.16. The van der Waals surface area contributed by atoms with Gasteiger partial charge >= 0.3 is 0 Å². The lowest BCUT2D eigenvalue weighted by atomic mass is 10.4. The van der Waals surface area contributed by atoms with Crippen molar-refractivity contribution in [3.05, 3.63) is 36.6 Å². The van der Waals surface area contributed by atoms with E-state index in [1.807, 2.05) is 12.2 Å². The lowest BCUT2D eigenvalue weighted by Crippen LogP contribution is -2.08. The quantitative estimate of drug-likeness (QED) is 0.499. The average Bonchev–Trinajstić information content (AvgIpc) is 2.28. The average molecular weight is 137 g/mol. The molecule has 2 aliphatic rings. The molecule has 52 valence electrons. The summed E-state index contributed by atoms with van der Waals surface area (Å²) in [4.78, 5) is 5.16. The van der Waals surface area contributed by atoms with E-state index in [0.29, 0.717) is 6.61 Å². The second-order valence-electron chi connectivity index (χ2n) is 1.97. The van der Waals surface area contributed by atoms with E-state index in [9.17, 15) is 0 Å². The number of ether oxygens (including phenoxy) is 1. The Bertz CT molecular complexity index is 218. The molecular weight excluding hydrogens is 130 g/mol. The van der Waals surface area contributed by atoms with Crippen LogP contribution in [0.5, 0.6) is 0 Å². The highest BCUT2D eigenvalue weighted by Gasteiger charge is 2.11. The summed E-state index contributed by atoms with van der Waals surface area (Å²) in [5.41, 5.74) is 1.02. The molecular formula is C7H7NO2. The smallest absolute Gasteiger partial charge is 0.109 e. The fourth-order valence-corrected chi connectivity index (χ4v) is 0.883. The minimum atomic E-state index is 0.643. The Balaban J connectivity index is 2.29. The molecule has 0 aromatic carbocycles. The summed E-state index contributed by atoms with van der Waals surface area (Å²) in [6.45, 7) is 0.643. The molecule has 10 heavy (non-hydrogen) atoms. The molecule has 0 radical (unpaired) electrons. The predicted molar refractivity (Wildman–Crippen MR) is 35.2 cm³/mol. The van der Waals surface area contributed by atoms with E-state index in [4.69, 9.17) is 9.57 Å². The second kappa shape index (κ2) is 2.19. The zero-order chi connectivity index (χ0) is 6.81. The molecule has 0 aromatic rings. The van der Waals surface area contributed by atoms with Crippen molar-refractivity contribution in [3.63, 3.8) is 0 Å². The van der Waals surface area contributed by atoms with Crippen LogP contribution in [0, 0.1) is 0 Å². The van der Waals surface area contributed by atoms with Gasteiger partial charge in [0.15, 0.2) is 0 Å². The first-order chi connectivity index (χ1) is 4.97. The van der Waals surface area contributed by atoms with E-state index in [0.717, 1.165) is 5.70 Å². The number of hydrogen-bond donors (Lipinski definition) is 0. The van der Waals surface area contributed by atoms with Crippen LogP contribution in [0.3, 0.4) is 0 Å². The van der Waals surface area contributed by atoms with Gasteiger partial charge in [0.05, 0.1) is 24.8 Å². The summed E-state index contributed by atoms with van der Waals surface area (Å²) in [5.74, 6) is 0. The summed E-state index contributed by atoms with van der Waals surface area (Å²) in [6, 6.07) is 0. The van der Waals surface area contributed by atoms with E-state index < -0.39 is 0 Å². The first-order valence-corrected chi connectivity index (χ1v) is 3.08. The topological polar surface area (TPSA) is 21.7 Å². The molecule has 0 unspecified atom stereocenters. The zero-order valence-corrected chi connectivity index (χ0v) is 5.36. The fourth-order valence-electron chi connectivity index (χ4n) is 0.883. The standard InChI is InChI=1S/C7H7NO2/c1-4-9-6-3-8-7(1)2-5-10-8/h1-4,6H,5H2. The Hall–Kier alpha value is -1.22. The van der Waals surface area contributed by atoms with Gasteiger partial charge in [-0.25, -0.2) is 5.06 Å². The number of hydrogen-bond acceptors (Lipinski definition) is 3. The predicted octanol–water partition coefficient (Wildman–Crippen LogP) is 1.13. The molecule has 0 bridgehead atoms. The maximum absolute atomic E-state index is 5.16. The van der Waals surface area contributed by atoms with E-state index >= 15 is 0 Å². The van der Waals surface area contributed by atoms with E-state index in [2.05, 4.69) is 0 Å². The number of allylic oxidation sites excluding steroid dienone is 1. The van der Waals surface area contributed by atoms with Crippen molar-refractivity contribution in [1.82, 2.24) is 5.06 Å². The van der Waals surface area contributed by atoms with Gasteiger partial charge in [0.25, 0.3) is 0 Å². The molecule has 2 heterocycles. The van der Waals surface area contributed by atoms with Crippen LogP contribution in [0.1, 0.15) is 0 Å². The Kier molecular flexibility index (Phi) is 1.22. The minimum absolute atomic E-state index is 0.643. The second-order valence-corrected chi connectivity index (χ2v) is 1.97. The van der Waals surface area contributed by atoms with Crippen molar-refractivity contribution in [2.45, 2.75) is 0 Å². The molecule has 0 fully saturated rings. The molecule has 0 amide bonds. The lowest BCUT2D eigenvalue weighted by molar-refractivity contribution is -0.0547. The molecule has 0 atom stereocenters. The highest BCUT2D eigenvalue weighted by atomic mass is 16.7. The number of hydroxylamine groups is 2. The van der Waals surface area contributed by atoms with E-state index in [1.54, 1.807) is 23.8 Å². The summed E-state index contributed by atoms with van der Waals surface area (Å²) < 4.78 is 4.91. The van der Waals surface area contributed by atoms with E-state index in [-0.39, 0.29) is 0 Å². The highest BCUT2D eigenvalue weighted by Crippen LogP contribution is 2.16. The van der Waals surface area contributed by atoms with Gasteiger partial charge in [-0.1, -0.05) is 0 Å². The maximum Gasteiger partial charge on any atom is 0.109 e. The summed E-state index contributed by atoms with van der Waals surface area (Å²) in [5, 5.41) is 1.67. The van der Waals surface area contributed by atoms with Crippen molar-refractivity contribution < 1.29 is 9.57 Å². The third kappa shape index (κ3) is 0.804. The molecule has 0 aromatic heterocycles. The third-order valence-corrected chi connectivity index (χ3v) is 1.35. The van der Waals surface area contributed by atoms with Crippen molar-refractivity contribution >= 4 is 0 Å².